The van der Waals surface area contributed by atoms with Crippen LogP contribution in [0.25, 0.3) is 10.9 Å². The first-order valence-corrected chi connectivity index (χ1v) is 6.04. The van der Waals surface area contributed by atoms with Gasteiger partial charge in [0.15, 0.2) is 0 Å². The Kier molecular flexibility index (Phi) is 3.25. The summed E-state index contributed by atoms with van der Waals surface area (Å²) in [6.07, 6.45) is -1.57. The summed E-state index contributed by atoms with van der Waals surface area (Å²) in [7, 11) is 0. The second-order valence-electron chi connectivity index (χ2n) is 3.40. The van der Waals surface area contributed by atoms with Crippen molar-refractivity contribution in [3.63, 3.8) is 0 Å². The molecule has 2 aromatic rings. The number of nitrogens with zero attached hydrogens (tertiary/aromatic N) is 1. The molecule has 7 heteroatoms. The predicted octanol–water partition coefficient (Wildman–Crippen LogP) is 3.56. The van der Waals surface area contributed by atoms with Gasteiger partial charge in [-0.15, -0.1) is 24.9 Å². The van der Waals surface area contributed by atoms with Crippen molar-refractivity contribution >= 4 is 22.7 Å². The average molecular weight is 275 g/mol. The van der Waals surface area contributed by atoms with E-state index in [1.807, 2.05) is 0 Å². The van der Waals surface area contributed by atoms with Gasteiger partial charge in [0.05, 0.1) is 10.4 Å². The average Bonchev–Trinajstić information content (AvgIpc) is 2.27. The maximum Gasteiger partial charge on any atom is 0.573 e. The zero-order chi connectivity index (χ0) is 13.3. The Bertz CT molecular complexity index is 586. The first-order valence-electron chi connectivity index (χ1n) is 4.82. The highest BCUT2D eigenvalue weighted by Gasteiger charge is 2.31. The Morgan fingerprint density at radius 2 is 2.06 bits per heavy atom. The second kappa shape index (κ2) is 4.56. The Morgan fingerprint density at radius 1 is 1.33 bits per heavy atom. The first-order chi connectivity index (χ1) is 8.40. The molecule has 0 fully saturated rings. The third-order valence-electron chi connectivity index (χ3n) is 2.23. The van der Waals surface area contributed by atoms with Gasteiger partial charge in [-0.1, -0.05) is 0 Å². The van der Waals surface area contributed by atoms with Crippen LogP contribution in [-0.2, 0) is 0 Å². The van der Waals surface area contributed by atoms with Gasteiger partial charge >= 0.3 is 6.36 Å². The van der Waals surface area contributed by atoms with Crippen LogP contribution in [0.1, 0.15) is 0 Å². The van der Waals surface area contributed by atoms with E-state index in [9.17, 15) is 18.3 Å². The summed E-state index contributed by atoms with van der Waals surface area (Å²) in [5.74, 6) is -0.357. The van der Waals surface area contributed by atoms with Crippen LogP contribution in [0.15, 0.2) is 29.3 Å². The minimum atomic E-state index is -4.74. The zero-order valence-corrected chi connectivity index (χ0v) is 9.97. The number of fused-ring (bicyclic) bond motifs is 1. The fraction of sp³-hybridized carbons (Fsp3) is 0.182. The van der Waals surface area contributed by atoms with Gasteiger partial charge in [0, 0.05) is 17.6 Å². The number of aromatic nitrogens is 1. The molecule has 0 unspecified atom stereocenters. The third kappa shape index (κ3) is 2.61. The van der Waals surface area contributed by atoms with Gasteiger partial charge in [0.1, 0.15) is 11.5 Å². The maximum absolute atomic E-state index is 12.0. The highest BCUT2D eigenvalue weighted by Crippen LogP contribution is 2.35. The van der Waals surface area contributed by atoms with Crippen molar-refractivity contribution in [1.29, 1.82) is 0 Å². The summed E-state index contributed by atoms with van der Waals surface area (Å²) in [5, 5.41) is 10.2. The Morgan fingerprint density at radius 3 is 2.67 bits per heavy atom. The molecule has 0 bridgehead atoms. The van der Waals surface area contributed by atoms with Crippen molar-refractivity contribution in [3.05, 3.63) is 24.4 Å². The second-order valence-corrected chi connectivity index (χ2v) is 4.25. The van der Waals surface area contributed by atoms with Gasteiger partial charge < -0.3 is 9.84 Å². The zero-order valence-electron chi connectivity index (χ0n) is 9.15. The summed E-state index contributed by atoms with van der Waals surface area (Å²) in [5.41, 5.74) is 0.243. The highest BCUT2D eigenvalue weighted by molar-refractivity contribution is 7.98. The van der Waals surface area contributed by atoms with E-state index in [-0.39, 0.29) is 17.0 Å². The molecule has 2 rings (SSSR count). The number of hydrogen-bond donors (Lipinski definition) is 1. The number of alkyl halides is 3. The molecule has 18 heavy (non-hydrogen) atoms. The minimum absolute atomic E-state index is 0.00561. The summed E-state index contributed by atoms with van der Waals surface area (Å²) < 4.78 is 39.9. The van der Waals surface area contributed by atoms with Gasteiger partial charge in [0.25, 0.3) is 0 Å². The molecule has 0 spiro atoms. The molecular weight excluding hydrogens is 267 g/mol. The number of hydrogen-bond acceptors (Lipinski definition) is 4. The summed E-state index contributed by atoms with van der Waals surface area (Å²) in [6.45, 7) is 0. The van der Waals surface area contributed by atoms with Crippen molar-refractivity contribution in [2.45, 2.75) is 11.3 Å². The van der Waals surface area contributed by atoms with Crippen molar-refractivity contribution in [2.24, 2.45) is 0 Å². The fourth-order valence-corrected chi connectivity index (χ4v) is 1.95. The minimum Gasteiger partial charge on any atom is -0.506 e. The van der Waals surface area contributed by atoms with Crippen molar-refractivity contribution < 1.29 is 23.0 Å². The molecule has 1 N–H and O–H groups in total. The lowest BCUT2D eigenvalue weighted by molar-refractivity contribution is -0.274. The van der Waals surface area contributed by atoms with Gasteiger partial charge in [-0.25, -0.2) is 0 Å². The molecule has 0 aliphatic heterocycles. The molecule has 0 saturated carbocycles. The fourth-order valence-electron chi connectivity index (χ4n) is 1.49. The molecule has 0 atom stereocenters. The normalized spacial score (nSPS) is 11.8. The van der Waals surface area contributed by atoms with Crippen LogP contribution in [0.5, 0.6) is 11.5 Å². The SMILES string of the molecule is CSc1cnc2cc(OC(F)(F)F)ccc2c1O. The Balaban J connectivity index is 2.48. The Labute approximate surface area is 105 Å². The van der Waals surface area contributed by atoms with E-state index in [2.05, 4.69) is 9.72 Å². The van der Waals surface area contributed by atoms with E-state index in [1.165, 1.54) is 24.0 Å². The number of thioether (sulfide) groups is 1. The molecule has 0 saturated heterocycles. The lowest BCUT2D eigenvalue weighted by atomic mass is 10.2. The monoisotopic (exact) mass is 275 g/mol. The number of ether oxygens (including phenoxy) is 1. The standard InChI is InChI=1S/C11H8F3NO2S/c1-18-9-5-15-8-4-6(17-11(12,13)14)2-3-7(8)10(9)16/h2-5H,1H3,(H,15,16). The first kappa shape index (κ1) is 12.8. The number of rotatable bonds is 2. The number of benzene rings is 1. The quantitative estimate of drug-likeness (QED) is 0.851. The van der Waals surface area contributed by atoms with Crippen molar-refractivity contribution in [1.82, 2.24) is 4.98 Å². The van der Waals surface area contributed by atoms with Crippen LogP contribution < -0.4 is 4.74 Å². The van der Waals surface area contributed by atoms with E-state index in [1.54, 1.807) is 6.26 Å². The molecule has 0 aliphatic carbocycles. The summed E-state index contributed by atoms with van der Waals surface area (Å²) >= 11 is 1.30. The van der Waals surface area contributed by atoms with Gasteiger partial charge in [0.2, 0.25) is 0 Å². The topological polar surface area (TPSA) is 42.4 Å². The van der Waals surface area contributed by atoms with Crippen LogP contribution in [-0.4, -0.2) is 22.7 Å². The van der Waals surface area contributed by atoms with E-state index >= 15 is 0 Å². The third-order valence-corrected chi connectivity index (χ3v) is 2.97. The van der Waals surface area contributed by atoms with E-state index in [0.29, 0.717) is 10.3 Å². The number of halogens is 3. The molecule has 1 heterocycles. The van der Waals surface area contributed by atoms with E-state index < -0.39 is 6.36 Å². The predicted molar refractivity (Wildman–Crippen MR) is 61.9 cm³/mol. The van der Waals surface area contributed by atoms with Gasteiger partial charge in [-0.2, -0.15) is 0 Å². The van der Waals surface area contributed by atoms with Crippen LogP contribution >= 0.6 is 11.8 Å². The highest BCUT2D eigenvalue weighted by atomic mass is 32.2. The van der Waals surface area contributed by atoms with Gasteiger partial charge in [-0.3, -0.25) is 4.98 Å². The maximum atomic E-state index is 12.0. The van der Waals surface area contributed by atoms with E-state index in [0.717, 1.165) is 12.1 Å². The van der Waals surface area contributed by atoms with Crippen molar-refractivity contribution in [2.75, 3.05) is 6.26 Å². The molecule has 0 aliphatic rings. The van der Waals surface area contributed by atoms with E-state index in [4.69, 9.17) is 0 Å². The molecule has 0 radical (unpaired) electrons. The molecule has 3 nitrogen and oxygen atoms in total. The lowest BCUT2D eigenvalue weighted by Crippen LogP contribution is -2.17. The van der Waals surface area contributed by atoms with Crippen LogP contribution in [0.2, 0.25) is 0 Å². The molecule has 0 amide bonds. The van der Waals surface area contributed by atoms with Crippen molar-refractivity contribution in [3.8, 4) is 11.5 Å². The Hall–Kier alpha value is -1.63. The number of pyridine rings is 1. The molecule has 96 valence electrons. The van der Waals surface area contributed by atoms with Gasteiger partial charge in [-0.05, 0) is 18.4 Å². The number of aromatic hydroxyl groups is 1. The molecule has 1 aromatic heterocycles. The largest absolute Gasteiger partial charge is 0.573 e. The molecular formula is C11H8F3NO2S. The van der Waals surface area contributed by atoms with Crippen LogP contribution in [0.4, 0.5) is 13.2 Å². The smallest absolute Gasteiger partial charge is 0.506 e. The van der Waals surface area contributed by atoms with Crippen LogP contribution in [0, 0.1) is 0 Å². The molecule has 1 aromatic carbocycles. The summed E-state index contributed by atoms with van der Waals surface area (Å²) in [6, 6.07) is 3.62. The van der Waals surface area contributed by atoms with Crippen LogP contribution in [0.3, 0.4) is 0 Å². The summed E-state index contributed by atoms with van der Waals surface area (Å²) in [4.78, 5) is 4.54. The lowest BCUT2D eigenvalue weighted by Gasteiger charge is -2.10.